The number of carbonyl (C=O) groups is 1. The summed E-state index contributed by atoms with van der Waals surface area (Å²) in [6.07, 6.45) is 6.51. The molecule has 3 nitrogen and oxygen atoms in total. The van der Waals surface area contributed by atoms with E-state index in [2.05, 4.69) is 29.1 Å². The van der Waals surface area contributed by atoms with Crippen LogP contribution in [0.4, 0.5) is 5.69 Å². The van der Waals surface area contributed by atoms with E-state index in [0.717, 1.165) is 18.5 Å². The van der Waals surface area contributed by atoms with Gasteiger partial charge in [-0.3, -0.25) is 15.6 Å². The molecule has 0 spiro atoms. The van der Waals surface area contributed by atoms with Crippen LogP contribution in [0.2, 0.25) is 0 Å². The van der Waals surface area contributed by atoms with Crippen molar-refractivity contribution in [1.82, 2.24) is 5.43 Å². The van der Waals surface area contributed by atoms with Crippen molar-refractivity contribution < 1.29 is 4.79 Å². The van der Waals surface area contributed by atoms with Gasteiger partial charge in [0.2, 0.25) is 5.91 Å². The molecular weight excluding hydrogens is 188 g/mol. The number of amides is 1. The van der Waals surface area contributed by atoms with Gasteiger partial charge in [-0.1, -0.05) is 18.2 Å². The molecule has 0 aromatic heterocycles. The fraction of sp³-hybridized carbons (Fsp3) is 0.250. The molecule has 0 heterocycles. The lowest BCUT2D eigenvalue weighted by Crippen LogP contribution is -2.26. The lowest BCUT2D eigenvalue weighted by Gasteiger charge is -2.13. The van der Waals surface area contributed by atoms with Crippen LogP contribution >= 0.6 is 0 Å². The van der Waals surface area contributed by atoms with Gasteiger partial charge in [-0.2, -0.15) is 0 Å². The second-order valence-corrected chi connectivity index (χ2v) is 3.66. The van der Waals surface area contributed by atoms with E-state index in [1.807, 2.05) is 12.1 Å². The first kappa shape index (κ1) is 9.77. The van der Waals surface area contributed by atoms with Crippen molar-refractivity contribution in [2.45, 2.75) is 19.8 Å². The van der Waals surface area contributed by atoms with Crippen LogP contribution in [0.15, 0.2) is 24.3 Å². The first-order valence-corrected chi connectivity index (χ1v) is 5.08. The normalized spacial score (nSPS) is 13.1. The minimum atomic E-state index is -0.0942. The predicted molar refractivity (Wildman–Crippen MR) is 61.2 cm³/mol. The van der Waals surface area contributed by atoms with Gasteiger partial charge in [-0.05, 0) is 36.1 Å². The van der Waals surface area contributed by atoms with E-state index in [0.29, 0.717) is 0 Å². The summed E-state index contributed by atoms with van der Waals surface area (Å²) >= 11 is 0. The Morgan fingerprint density at radius 2 is 2.27 bits per heavy atom. The van der Waals surface area contributed by atoms with Crippen LogP contribution in [-0.2, 0) is 11.2 Å². The fourth-order valence-corrected chi connectivity index (χ4v) is 1.66. The third-order valence-electron chi connectivity index (χ3n) is 2.41. The van der Waals surface area contributed by atoms with Crippen LogP contribution in [0.1, 0.15) is 24.5 Å². The van der Waals surface area contributed by atoms with Gasteiger partial charge >= 0.3 is 0 Å². The number of benzene rings is 1. The summed E-state index contributed by atoms with van der Waals surface area (Å²) in [4.78, 5) is 10.7. The molecule has 0 fully saturated rings. The molecular formula is C12H14N2O. The molecule has 1 aromatic carbocycles. The number of allylic oxidation sites excluding steroid dienone is 1. The lowest BCUT2D eigenvalue weighted by molar-refractivity contribution is -0.118. The Labute approximate surface area is 89.2 Å². The lowest BCUT2D eigenvalue weighted by atomic mass is 9.97. The van der Waals surface area contributed by atoms with Crippen molar-refractivity contribution in [3.63, 3.8) is 0 Å². The summed E-state index contributed by atoms with van der Waals surface area (Å²) in [5, 5.41) is 0. The summed E-state index contributed by atoms with van der Waals surface area (Å²) in [5.41, 5.74) is 8.93. The first-order valence-electron chi connectivity index (χ1n) is 5.08. The van der Waals surface area contributed by atoms with Crippen molar-refractivity contribution in [3.8, 4) is 0 Å². The van der Waals surface area contributed by atoms with Crippen LogP contribution in [0.3, 0.4) is 0 Å². The summed E-state index contributed by atoms with van der Waals surface area (Å²) < 4.78 is 0. The predicted octanol–water partition coefficient (Wildman–Crippen LogP) is 2.11. The van der Waals surface area contributed by atoms with E-state index in [-0.39, 0.29) is 5.91 Å². The number of nitrogens with one attached hydrogen (secondary N) is 2. The van der Waals surface area contributed by atoms with Crippen LogP contribution in [0.5, 0.6) is 0 Å². The Kier molecular flexibility index (Phi) is 2.72. The standard InChI is InChI=1S/C12H14N2O/c1-9(15)13-14-12-7-6-10-4-2-3-5-11(10)8-12/h3,5-8,14H,2,4H2,1H3,(H,13,15). The van der Waals surface area contributed by atoms with Gasteiger partial charge in [0.05, 0.1) is 5.69 Å². The number of hydrogen-bond acceptors (Lipinski definition) is 2. The number of fused-ring (bicyclic) bond motifs is 1. The van der Waals surface area contributed by atoms with Crippen molar-refractivity contribution in [1.29, 1.82) is 0 Å². The summed E-state index contributed by atoms with van der Waals surface area (Å²) in [5.74, 6) is -0.0942. The number of rotatable bonds is 2. The summed E-state index contributed by atoms with van der Waals surface area (Å²) in [6.45, 7) is 1.48. The Morgan fingerprint density at radius 1 is 1.40 bits per heavy atom. The highest BCUT2D eigenvalue weighted by atomic mass is 16.2. The molecule has 2 rings (SSSR count). The first-order chi connectivity index (χ1) is 7.25. The molecule has 78 valence electrons. The maximum Gasteiger partial charge on any atom is 0.235 e. The Hall–Kier alpha value is -1.77. The van der Waals surface area contributed by atoms with E-state index < -0.39 is 0 Å². The number of hydrazine groups is 1. The Bertz CT molecular complexity index is 410. The minimum absolute atomic E-state index is 0.0942. The molecule has 0 aliphatic heterocycles. The van der Waals surface area contributed by atoms with Crippen molar-refractivity contribution in [2.24, 2.45) is 0 Å². The average molecular weight is 202 g/mol. The molecule has 1 aliphatic rings. The van der Waals surface area contributed by atoms with Gasteiger partial charge in [-0.15, -0.1) is 0 Å². The van der Waals surface area contributed by atoms with Crippen LogP contribution < -0.4 is 10.9 Å². The van der Waals surface area contributed by atoms with Gasteiger partial charge in [0.15, 0.2) is 0 Å². The number of aryl methyl sites for hydroxylation is 1. The van der Waals surface area contributed by atoms with Gasteiger partial charge in [0.1, 0.15) is 0 Å². The Balaban J connectivity index is 2.15. The van der Waals surface area contributed by atoms with Gasteiger partial charge in [0.25, 0.3) is 0 Å². The Morgan fingerprint density at radius 3 is 3.07 bits per heavy atom. The zero-order chi connectivity index (χ0) is 10.7. The number of carbonyl (C=O) groups excluding carboxylic acids is 1. The second-order valence-electron chi connectivity index (χ2n) is 3.66. The molecule has 3 heteroatoms. The molecule has 0 saturated heterocycles. The van der Waals surface area contributed by atoms with Gasteiger partial charge in [-0.25, -0.2) is 0 Å². The highest BCUT2D eigenvalue weighted by Crippen LogP contribution is 2.22. The average Bonchev–Trinajstić information content (AvgIpc) is 2.26. The molecule has 1 amide bonds. The van der Waals surface area contributed by atoms with Crippen molar-refractivity contribution >= 4 is 17.7 Å². The molecule has 2 N–H and O–H groups in total. The van der Waals surface area contributed by atoms with E-state index in [1.54, 1.807) is 0 Å². The third kappa shape index (κ3) is 2.37. The summed E-state index contributed by atoms with van der Waals surface area (Å²) in [6, 6.07) is 6.12. The van der Waals surface area contributed by atoms with E-state index >= 15 is 0 Å². The summed E-state index contributed by atoms with van der Waals surface area (Å²) in [7, 11) is 0. The molecule has 1 aliphatic carbocycles. The minimum Gasteiger partial charge on any atom is -0.299 e. The number of anilines is 1. The van der Waals surface area contributed by atoms with Gasteiger partial charge in [0, 0.05) is 6.92 Å². The van der Waals surface area contributed by atoms with Crippen LogP contribution in [0, 0.1) is 0 Å². The van der Waals surface area contributed by atoms with E-state index in [1.165, 1.54) is 18.1 Å². The zero-order valence-corrected chi connectivity index (χ0v) is 8.71. The quantitative estimate of drug-likeness (QED) is 0.721. The molecule has 15 heavy (non-hydrogen) atoms. The highest BCUT2D eigenvalue weighted by Gasteiger charge is 2.04. The third-order valence-corrected chi connectivity index (χ3v) is 2.41. The molecule has 0 bridgehead atoms. The second kappa shape index (κ2) is 4.17. The molecule has 0 saturated carbocycles. The molecule has 0 radical (unpaired) electrons. The van der Waals surface area contributed by atoms with Crippen molar-refractivity contribution in [3.05, 3.63) is 35.4 Å². The van der Waals surface area contributed by atoms with E-state index in [9.17, 15) is 4.79 Å². The monoisotopic (exact) mass is 202 g/mol. The van der Waals surface area contributed by atoms with Crippen LogP contribution in [0.25, 0.3) is 6.08 Å². The van der Waals surface area contributed by atoms with E-state index in [4.69, 9.17) is 0 Å². The SMILES string of the molecule is CC(=O)NNc1ccc2c(c1)C=CCC2. The van der Waals surface area contributed by atoms with Crippen molar-refractivity contribution in [2.75, 3.05) is 5.43 Å². The van der Waals surface area contributed by atoms with Crippen LogP contribution in [-0.4, -0.2) is 5.91 Å². The maximum atomic E-state index is 10.7. The maximum absolute atomic E-state index is 10.7. The topological polar surface area (TPSA) is 41.1 Å². The fourth-order valence-electron chi connectivity index (χ4n) is 1.66. The highest BCUT2D eigenvalue weighted by molar-refractivity contribution is 5.75. The molecule has 0 atom stereocenters. The molecule has 0 unspecified atom stereocenters. The van der Waals surface area contributed by atoms with Gasteiger partial charge < -0.3 is 0 Å². The smallest absolute Gasteiger partial charge is 0.235 e. The molecule has 1 aromatic rings. The largest absolute Gasteiger partial charge is 0.299 e. The zero-order valence-electron chi connectivity index (χ0n) is 8.71. The number of hydrogen-bond donors (Lipinski definition) is 2.